The summed E-state index contributed by atoms with van der Waals surface area (Å²) in [4.78, 5) is 29.4. The Morgan fingerprint density at radius 2 is 2.02 bits per heavy atom. The van der Waals surface area contributed by atoms with Gasteiger partial charge in [-0.15, -0.1) is 0 Å². The Kier molecular flexibility index (Phi) is 7.61. The molecule has 0 spiro atoms. The molecule has 5 N–H and O–H groups in total. The molecular formula is C28H34N2O10. The number of fused-ring (bicyclic) bond motifs is 3. The molecule has 1 aromatic carbocycles. The van der Waals surface area contributed by atoms with E-state index in [9.17, 15) is 30.3 Å². The highest BCUT2D eigenvalue weighted by Gasteiger charge is 2.49. The molecule has 12 nitrogen and oxygen atoms in total. The van der Waals surface area contributed by atoms with Crippen LogP contribution in [0.15, 0.2) is 55.9 Å². The SMILES string of the molecule is Cc1cc(=O)c2cc3c(cc2o1)OC(C)(C)[C@H](OOC[C@H](O)[C@](O)(CN1CC=C2N=CC=C21)[C@H](O)[C@H](O)CO)C3. The Bertz CT molecular complexity index is 1430. The first-order valence-electron chi connectivity index (χ1n) is 13.0. The van der Waals surface area contributed by atoms with Crippen molar-refractivity contribution in [3.8, 4) is 5.75 Å². The van der Waals surface area contributed by atoms with E-state index in [0.29, 0.717) is 52.4 Å². The fraction of sp³-hybridized carbons (Fsp3) is 0.500. The minimum absolute atomic E-state index is 0.175. The third-order valence-electron chi connectivity index (χ3n) is 7.64. The highest BCUT2D eigenvalue weighted by molar-refractivity contribution is 5.80. The van der Waals surface area contributed by atoms with E-state index in [2.05, 4.69) is 4.99 Å². The summed E-state index contributed by atoms with van der Waals surface area (Å²) in [5.41, 5.74) is -0.842. The Morgan fingerprint density at radius 3 is 2.77 bits per heavy atom. The van der Waals surface area contributed by atoms with Crippen LogP contribution < -0.4 is 10.2 Å². The second-order valence-corrected chi connectivity index (χ2v) is 11.0. The maximum absolute atomic E-state index is 12.5. The van der Waals surface area contributed by atoms with Gasteiger partial charge in [-0.2, -0.15) is 0 Å². The Balaban J connectivity index is 1.29. The number of aliphatic hydroxyl groups excluding tert-OH is 4. The van der Waals surface area contributed by atoms with Gasteiger partial charge < -0.3 is 39.6 Å². The van der Waals surface area contributed by atoms with Gasteiger partial charge in [0, 0.05) is 31.3 Å². The molecule has 0 unspecified atom stereocenters. The molecule has 216 valence electrons. The lowest BCUT2D eigenvalue weighted by Gasteiger charge is -2.42. The molecule has 0 radical (unpaired) electrons. The van der Waals surface area contributed by atoms with Gasteiger partial charge in [0.05, 0.1) is 29.9 Å². The van der Waals surface area contributed by atoms with Crippen molar-refractivity contribution < 1.29 is 44.5 Å². The van der Waals surface area contributed by atoms with Crippen molar-refractivity contribution in [2.75, 3.05) is 26.3 Å². The summed E-state index contributed by atoms with van der Waals surface area (Å²) >= 11 is 0. The van der Waals surface area contributed by atoms with Crippen LogP contribution in [0.1, 0.15) is 25.2 Å². The zero-order valence-corrected chi connectivity index (χ0v) is 22.5. The number of aliphatic hydroxyl groups is 5. The zero-order chi connectivity index (χ0) is 28.8. The fourth-order valence-electron chi connectivity index (χ4n) is 5.22. The highest BCUT2D eigenvalue weighted by atomic mass is 17.2. The maximum Gasteiger partial charge on any atom is 0.192 e. The molecular weight excluding hydrogens is 524 g/mol. The lowest BCUT2D eigenvalue weighted by Crippen LogP contribution is -2.63. The molecule has 0 saturated heterocycles. The van der Waals surface area contributed by atoms with Gasteiger partial charge in [0.15, 0.2) is 5.43 Å². The van der Waals surface area contributed by atoms with Gasteiger partial charge >= 0.3 is 0 Å². The van der Waals surface area contributed by atoms with Crippen LogP contribution in [-0.2, 0) is 16.2 Å². The molecule has 3 aliphatic rings. The average Bonchev–Trinajstić information content (AvgIpc) is 3.52. The predicted octanol–water partition coefficient (Wildman–Crippen LogP) is 0.106. The average molecular weight is 559 g/mol. The van der Waals surface area contributed by atoms with E-state index in [1.807, 2.05) is 6.08 Å². The van der Waals surface area contributed by atoms with Crippen LogP contribution in [0.3, 0.4) is 0 Å². The minimum atomic E-state index is -2.31. The predicted molar refractivity (Wildman–Crippen MR) is 143 cm³/mol. The first-order chi connectivity index (χ1) is 18.9. The summed E-state index contributed by atoms with van der Waals surface area (Å²) in [6.45, 7) is 3.97. The number of aryl methyl sites for hydroxylation is 1. The Morgan fingerprint density at radius 1 is 1.25 bits per heavy atom. The van der Waals surface area contributed by atoms with Crippen LogP contribution in [0, 0.1) is 6.92 Å². The van der Waals surface area contributed by atoms with E-state index in [1.165, 1.54) is 6.07 Å². The normalized spacial score (nSPS) is 23.1. The Hall–Kier alpha value is -3.10. The van der Waals surface area contributed by atoms with Crippen molar-refractivity contribution in [2.24, 2.45) is 4.99 Å². The number of β-amino-alcohol motifs (C(OH)–C–C–N with tert-alkyl or cyclic N) is 1. The molecule has 0 amide bonds. The topological polar surface area (TPSA) is 175 Å². The smallest absolute Gasteiger partial charge is 0.192 e. The highest BCUT2D eigenvalue weighted by Crippen LogP contribution is 2.37. The first-order valence-corrected chi connectivity index (χ1v) is 13.0. The van der Waals surface area contributed by atoms with Crippen molar-refractivity contribution in [3.63, 3.8) is 0 Å². The number of benzene rings is 1. The summed E-state index contributed by atoms with van der Waals surface area (Å²) in [7, 11) is 0. The summed E-state index contributed by atoms with van der Waals surface area (Å²) in [6.07, 6.45) is -0.557. The summed E-state index contributed by atoms with van der Waals surface area (Å²) in [6, 6.07) is 4.79. The lowest BCUT2D eigenvalue weighted by atomic mass is 9.86. The van der Waals surface area contributed by atoms with Crippen LogP contribution in [0.2, 0.25) is 0 Å². The van der Waals surface area contributed by atoms with Crippen LogP contribution in [-0.4, -0.2) is 98.6 Å². The monoisotopic (exact) mass is 558 g/mol. The molecule has 0 fully saturated rings. The van der Waals surface area contributed by atoms with E-state index < -0.39 is 48.8 Å². The van der Waals surface area contributed by atoms with E-state index in [4.69, 9.17) is 18.9 Å². The van der Waals surface area contributed by atoms with Gasteiger partial charge in [-0.25, -0.2) is 9.78 Å². The number of aliphatic imine (C=N–C) groups is 1. The van der Waals surface area contributed by atoms with Crippen molar-refractivity contribution in [3.05, 3.63) is 63.3 Å². The molecule has 40 heavy (non-hydrogen) atoms. The van der Waals surface area contributed by atoms with Gasteiger partial charge in [-0.3, -0.25) is 9.79 Å². The van der Waals surface area contributed by atoms with Crippen LogP contribution in [0.4, 0.5) is 0 Å². The fourth-order valence-corrected chi connectivity index (χ4v) is 5.22. The summed E-state index contributed by atoms with van der Waals surface area (Å²) in [5.74, 6) is 1.04. The lowest BCUT2D eigenvalue weighted by molar-refractivity contribution is -0.363. The van der Waals surface area contributed by atoms with Gasteiger partial charge in [-0.05, 0) is 44.6 Å². The van der Waals surface area contributed by atoms with Crippen LogP contribution in [0.25, 0.3) is 11.0 Å². The van der Waals surface area contributed by atoms with E-state index in [-0.39, 0.29) is 12.0 Å². The maximum atomic E-state index is 12.5. The largest absolute Gasteiger partial charge is 0.485 e. The standard InChI is InChI=1S/C28H34N2O10/c1-15-8-20(32)17-9-16-10-25(27(2,3)39-22(16)11-23(17)38-15)40-37-13-24(34)28(36,26(35)21(33)12-31)14-30-7-5-18-19(30)4-6-29-18/h4-6,8-9,11,21,24-26,31,33-36H,7,10,12-14H2,1-3H3/t21-,24+,25-,26-,28-/m1/s1. The quantitative estimate of drug-likeness (QED) is 0.198. The zero-order valence-electron chi connectivity index (χ0n) is 22.5. The molecule has 2 aromatic rings. The number of hydrogen-bond acceptors (Lipinski definition) is 12. The second-order valence-electron chi connectivity index (χ2n) is 11.0. The third-order valence-corrected chi connectivity index (χ3v) is 7.64. The first kappa shape index (κ1) is 28.4. The molecule has 4 heterocycles. The van der Waals surface area contributed by atoms with E-state index in [1.54, 1.807) is 50.1 Å². The number of rotatable bonds is 10. The number of allylic oxidation sites excluding steroid dienone is 1. The molecule has 5 rings (SSSR count). The van der Waals surface area contributed by atoms with Crippen LogP contribution in [0.5, 0.6) is 5.75 Å². The third kappa shape index (κ3) is 5.19. The number of nitrogens with zero attached hydrogens (tertiary/aromatic N) is 2. The minimum Gasteiger partial charge on any atom is -0.485 e. The van der Waals surface area contributed by atoms with Gasteiger partial charge in [0.2, 0.25) is 0 Å². The molecule has 0 aliphatic carbocycles. The molecule has 5 atom stereocenters. The van der Waals surface area contributed by atoms with Crippen molar-refractivity contribution in [2.45, 2.75) is 62.8 Å². The molecule has 1 aromatic heterocycles. The van der Waals surface area contributed by atoms with Crippen molar-refractivity contribution in [1.82, 2.24) is 4.90 Å². The Labute approximate surface area is 230 Å². The van der Waals surface area contributed by atoms with Gasteiger partial charge in [0.1, 0.15) is 59.3 Å². The molecule has 0 bridgehead atoms. The van der Waals surface area contributed by atoms with Crippen molar-refractivity contribution >= 4 is 17.2 Å². The molecule has 12 heteroatoms. The van der Waals surface area contributed by atoms with Crippen LogP contribution >= 0.6 is 0 Å². The number of ether oxygens (including phenoxy) is 1. The summed E-state index contributed by atoms with van der Waals surface area (Å²) < 4.78 is 11.8. The van der Waals surface area contributed by atoms with Gasteiger partial charge in [0.25, 0.3) is 0 Å². The van der Waals surface area contributed by atoms with Crippen molar-refractivity contribution in [1.29, 1.82) is 0 Å². The second kappa shape index (κ2) is 10.7. The van der Waals surface area contributed by atoms with E-state index in [0.717, 1.165) is 0 Å². The molecule has 3 aliphatic heterocycles. The molecule has 0 saturated carbocycles. The number of hydrogen-bond donors (Lipinski definition) is 5. The van der Waals surface area contributed by atoms with E-state index >= 15 is 0 Å². The van der Waals surface area contributed by atoms with Gasteiger partial charge in [-0.1, -0.05) is 0 Å². The summed E-state index contributed by atoms with van der Waals surface area (Å²) in [5, 5.41) is 53.1.